The summed E-state index contributed by atoms with van der Waals surface area (Å²) >= 11 is 5.85. The van der Waals surface area contributed by atoms with Crippen molar-refractivity contribution < 1.29 is 9.47 Å². The van der Waals surface area contributed by atoms with Gasteiger partial charge in [-0.05, 0) is 25.1 Å². The van der Waals surface area contributed by atoms with Crippen molar-refractivity contribution in [1.29, 1.82) is 0 Å². The number of rotatable bonds is 4. The van der Waals surface area contributed by atoms with Gasteiger partial charge in [0.2, 0.25) is 0 Å². The molecule has 13 heavy (non-hydrogen) atoms. The first-order valence-corrected chi connectivity index (χ1v) is 4.37. The summed E-state index contributed by atoms with van der Waals surface area (Å²) in [7, 11) is 0. The molecule has 0 bridgehead atoms. The van der Waals surface area contributed by atoms with Crippen LogP contribution in [0.3, 0.4) is 0 Å². The van der Waals surface area contributed by atoms with Gasteiger partial charge in [0, 0.05) is 12.3 Å². The average Bonchev–Trinajstić information content (AvgIpc) is 2.09. The van der Waals surface area contributed by atoms with Crippen LogP contribution in [0.5, 0.6) is 5.75 Å². The molecule has 4 heteroatoms. The first-order valence-electron chi connectivity index (χ1n) is 3.99. The summed E-state index contributed by atoms with van der Waals surface area (Å²) in [6.45, 7) is 2.72. The Balaban J connectivity index is 2.56. The van der Waals surface area contributed by atoms with Crippen LogP contribution in [0.25, 0.3) is 0 Å². The number of nitrogen functional groups attached to an aromatic ring is 1. The van der Waals surface area contributed by atoms with E-state index in [-0.39, 0.29) is 6.79 Å². The highest BCUT2D eigenvalue weighted by Crippen LogP contribution is 2.26. The molecule has 0 amide bonds. The quantitative estimate of drug-likeness (QED) is 0.462. The van der Waals surface area contributed by atoms with Crippen molar-refractivity contribution in [3.05, 3.63) is 23.2 Å². The highest BCUT2D eigenvalue weighted by Gasteiger charge is 2.00. The van der Waals surface area contributed by atoms with Gasteiger partial charge in [-0.15, -0.1) is 0 Å². The van der Waals surface area contributed by atoms with Crippen molar-refractivity contribution >= 4 is 17.3 Å². The average molecular weight is 202 g/mol. The Kier molecular flexibility index (Phi) is 3.86. The van der Waals surface area contributed by atoms with E-state index in [1.165, 1.54) is 0 Å². The van der Waals surface area contributed by atoms with Crippen LogP contribution in [0.1, 0.15) is 6.92 Å². The molecule has 2 N–H and O–H groups in total. The smallest absolute Gasteiger partial charge is 0.189 e. The predicted molar refractivity (Wildman–Crippen MR) is 53.0 cm³/mol. The van der Waals surface area contributed by atoms with Crippen LogP contribution in [0.2, 0.25) is 5.02 Å². The van der Waals surface area contributed by atoms with E-state index in [9.17, 15) is 0 Å². The Morgan fingerprint density at radius 3 is 2.85 bits per heavy atom. The van der Waals surface area contributed by atoms with Gasteiger partial charge in [-0.3, -0.25) is 0 Å². The highest BCUT2D eigenvalue weighted by atomic mass is 35.5. The summed E-state index contributed by atoms with van der Waals surface area (Å²) in [6, 6.07) is 5.09. The third-order valence-electron chi connectivity index (χ3n) is 1.46. The first-order chi connectivity index (χ1) is 6.24. The molecule has 0 atom stereocenters. The van der Waals surface area contributed by atoms with E-state index in [1.807, 2.05) is 6.92 Å². The summed E-state index contributed by atoms with van der Waals surface area (Å²) in [5.41, 5.74) is 6.13. The van der Waals surface area contributed by atoms with Crippen LogP contribution < -0.4 is 10.5 Å². The maximum absolute atomic E-state index is 5.85. The minimum absolute atomic E-state index is 0.208. The third-order valence-corrected chi connectivity index (χ3v) is 1.75. The molecule has 0 fully saturated rings. The van der Waals surface area contributed by atoms with Crippen LogP contribution in [0.4, 0.5) is 5.69 Å². The van der Waals surface area contributed by atoms with Gasteiger partial charge in [0.25, 0.3) is 0 Å². The summed E-state index contributed by atoms with van der Waals surface area (Å²) in [6.07, 6.45) is 0. The van der Waals surface area contributed by atoms with Gasteiger partial charge in [-0.1, -0.05) is 11.6 Å². The molecule has 0 aliphatic rings. The second kappa shape index (κ2) is 4.94. The lowest BCUT2D eigenvalue weighted by molar-refractivity contribution is 0.0225. The largest absolute Gasteiger partial charge is 0.466 e. The zero-order valence-corrected chi connectivity index (χ0v) is 8.17. The fraction of sp³-hybridized carbons (Fsp3) is 0.333. The molecule has 1 rings (SSSR count). The molecule has 0 aliphatic carbocycles. The topological polar surface area (TPSA) is 44.5 Å². The summed E-state index contributed by atoms with van der Waals surface area (Å²) in [4.78, 5) is 0. The molecule has 1 aromatic rings. The Morgan fingerprint density at radius 1 is 1.46 bits per heavy atom. The maximum atomic E-state index is 5.85. The monoisotopic (exact) mass is 201 g/mol. The molecule has 72 valence electrons. The molecule has 0 unspecified atom stereocenters. The standard InChI is InChI=1S/C9H12ClNO2/c1-2-12-6-13-9-4-3-7(11)5-8(9)10/h3-5H,2,6,11H2,1H3. The number of benzene rings is 1. The van der Waals surface area contributed by atoms with Crippen molar-refractivity contribution in [3.8, 4) is 5.75 Å². The fourth-order valence-corrected chi connectivity index (χ4v) is 1.07. The van der Waals surface area contributed by atoms with Crippen LogP contribution in [-0.4, -0.2) is 13.4 Å². The van der Waals surface area contributed by atoms with Crippen molar-refractivity contribution in [2.45, 2.75) is 6.92 Å². The van der Waals surface area contributed by atoms with Gasteiger partial charge in [0.05, 0.1) is 5.02 Å². The minimum atomic E-state index is 0.208. The van der Waals surface area contributed by atoms with E-state index >= 15 is 0 Å². The number of ether oxygens (including phenoxy) is 2. The third kappa shape index (κ3) is 3.13. The lowest BCUT2D eigenvalue weighted by Gasteiger charge is -2.07. The molecular formula is C9H12ClNO2. The Morgan fingerprint density at radius 2 is 2.23 bits per heavy atom. The number of hydrogen-bond donors (Lipinski definition) is 1. The van der Waals surface area contributed by atoms with E-state index in [0.717, 1.165) is 0 Å². The van der Waals surface area contributed by atoms with Gasteiger partial charge in [-0.25, -0.2) is 0 Å². The van der Waals surface area contributed by atoms with Gasteiger partial charge < -0.3 is 15.2 Å². The zero-order chi connectivity index (χ0) is 9.68. The second-order valence-electron chi connectivity index (χ2n) is 2.44. The molecule has 3 nitrogen and oxygen atoms in total. The SMILES string of the molecule is CCOCOc1ccc(N)cc1Cl. The summed E-state index contributed by atoms with van der Waals surface area (Å²) < 4.78 is 10.2. The molecule has 0 saturated carbocycles. The molecule has 0 heterocycles. The lowest BCUT2D eigenvalue weighted by Crippen LogP contribution is -2.02. The van der Waals surface area contributed by atoms with Crippen LogP contribution in [0, 0.1) is 0 Å². The van der Waals surface area contributed by atoms with Crippen molar-refractivity contribution in [1.82, 2.24) is 0 Å². The normalized spacial score (nSPS) is 10.0. The van der Waals surface area contributed by atoms with Crippen molar-refractivity contribution in [2.24, 2.45) is 0 Å². The molecule has 0 radical (unpaired) electrons. The van der Waals surface area contributed by atoms with Gasteiger partial charge in [0.15, 0.2) is 6.79 Å². The van der Waals surface area contributed by atoms with Crippen molar-refractivity contribution in [2.75, 3.05) is 19.1 Å². The lowest BCUT2D eigenvalue weighted by atomic mass is 10.3. The first kappa shape index (κ1) is 10.2. The van der Waals surface area contributed by atoms with E-state index in [2.05, 4.69) is 0 Å². The fourth-order valence-electron chi connectivity index (χ4n) is 0.823. The van der Waals surface area contributed by atoms with Crippen LogP contribution in [-0.2, 0) is 4.74 Å². The molecular weight excluding hydrogens is 190 g/mol. The van der Waals surface area contributed by atoms with Gasteiger partial charge >= 0.3 is 0 Å². The van der Waals surface area contributed by atoms with Crippen molar-refractivity contribution in [3.63, 3.8) is 0 Å². The highest BCUT2D eigenvalue weighted by molar-refractivity contribution is 6.32. The molecule has 1 aromatic carbocycles. The maximum Gasteiger partial charge on any atom is 0.189 e. The van der Waals surface area contributed by atoms with Crippen LogP contribution >= 0.6 is 11.6 Å². The molecule has 0 aromatic heterocycles. The second-order valence-corrected chi connectivity index (χ2v) is 2.85. The van der Waals surface area contributed by atoms with E-state index in [4.69, 9.17) is 26.8 Å². The van der Waals surface area contributed by atoms with E-state index in [1.54, 1.807) is 18.2 Å². The molecule has 0 aliphatic heterocycles. The summed E-state index contributed by atoms with van der Waals surface area (Å²) in [5, 5.41) is 0.500. The number of nitrogens with two attached hydrogens (primary N) is 1. The molecule has 0 spiro atoms. The zero-order valence-electron chi connectivity index (χ0n) is 7.42. The number of halogens is 1. The van der Waals surface area contributed by atoms with Crippen LogP contribution in [0.15, 0.2) is 18.2 Å². The molecule has 0 saturated heterocycles. The number of anilines is 1. The van der Waals surface area contributed by atoms with Gasteiger partial charge in [0.1, 0.15) is 5.75 Å². The Labute approximate surface area is 82.4 Å². The Bertz CT molecular complexity index is 278. The minimum Gasteiger partial charge on any atom is -0.466 e. The van der Waals surface area contributed by atoms with E-state index in [0.29, 0.717) is 23.1 Å². The Hall–Kier alpha value is -0.930. The predicted octanol–water partition coefficient (Wildman–Crippen LogP) is 2.29. The van der Waals surface area contributed by atoms with Gasteiger partial charge in [-0.2, -0.15) is 0 Å². The summed E-state index contributed by atoms with van der Waals surface area (Å²) in [5.74, 6) is 0.587. The number of hydrogen-bond acceptors (Lipinski definition) is 3. The van der Waals surface area contributed by atoms with E-state index < -0.39 is 0 Å².